The molecule has 0 fully saturated rings. The zero-order valence-corrected chi connectivity index (χ0v) is 9.59. The quantitative estimate of drug-likeness (QED) is 0.584. The third kappa shape index (κ3) is 2.49. The SMILES string of the molecule is N#CCC[Si](Cl)(Cl)c1cccs1. The largest absolute Gasteiger partial charge is 0.291 e. The monoisotopic (exact) mass is 235 g/mol. The van der Waals surface area contributed by atoms with Gasteiger partial charge in [0.05, 0.1) is 6.07 Å². The predicted octanol–water partition coefficient (Wildman–Crippen LogP) is 2.79. The highest BCUT2D eigenvalue weighted by Gasteiger charge is 2.31. The van der Waals surface area contributed by atoms with Crippen LogP contribution in [-0.4, -0.2) is 6.69 Å². The van der Waals surface area contributed by atoms with Crippen molar-refractivity contribution in [1.82, 2.24) is 0 Å². The number of nitriles is 1. The lowest BCUT2D eigenvalue weighted by Gasteiger charge is -2.11. The number of thiophene rings is 1. The molecule has 0 aromatic carbocycles. The smallest absolute Gasteiger partial charge is 0.198 e. The molecule has 1 aromatic heterocycles. The van der Waals surface area contributed by atoms with Crippen LogP contribution < -0.4 is 4.50 Å². The molecule has 0 unspecified atom stereocenters. The highest BCUT2D eigenvalue weighted by atomic mass is 35.7. The second kappa shape index (κ2) is 4.29. The van der Waals surface area contributed by atoms with E-state index in [2.05, 4.69) is 6.07 Å². The summed E-state index contributed by atoms with van der Waals surface area (Å²) in [6.45, 7) is -2.31. The van der Waals surface area contributed by atoms with Gasteiger partial charge in [0.2, 0.25) is 0 Å². The second-order valence-electron chi connectivity index (χ2n) is 2.34. The Morgan fingerprint density at radius 1 is 1.58 bits per heavy atom. The molecular formula is C7H7Cl2NSSi. The molecule has 0 saturated carbocycles. The van der Waals surface area contributed by atoms with E-state index in [1.807, 2.05) is 17.5 Å². The average Bonchev–Trinajstić information content (AvgIpc) is 2.53. The molecule has 1 nitrogen and oxygen atoms in total. The minimum Gasteiger partial charge on any atom is -0.198 e. The molecular weight excluding hydrogens is 229 g/mol. The molecule has 0 N–H and O–H groups in total. The fourth-order valence-corrected chi connectivity index (χ4v) is 5.24. The molecule has 1 heterocycles. The Labute approximate surface area is 86.0 Å². The second-order valence-corrected chi connectivity index (χ2v) is 10.5. The van der Waals surface area contributed by atoms with Gasteiger partial charge in [-0.15, -0.1) is 22.2 Å². The van der Waals surface area contributed by atoms with Crippen LogP contribution >= 0.6 is 33.5 Å². The normalized spacial score (nSPS) is 11.1. The van der Waals surface area contributed by atoms with Crippen molar-refractivity contribution < 1.29 is 0 Å². The van der Waals surface area contributed by atoms with Crippen molar-refractivity contribution >= 4 is 44.7 Å². The van der Waals surface area contributed by atoms with E-state index < -0.39 is 6.69 Å². The van der Waals surface area contributed by atoms with Crippen molar-refractivity contribution in [3.05, 3.63) is 17.5 Å². The van der Waals surface area contributed by atoms with Gasteiger partial charge in [-0.3, -0.25) is 0 Å². The van der Waals surface area contributed by atoms with E-state index in [0.29, 0.717) is 12.5 Å². The van der Waals surface area contributed by atoms with Crippen LogP contribution in [0.25, 0.3) is 0 Å². The lowest BCUT2D eigenvalue weighted by atomic mass is 10.6. The van der Waals surface area contributed by atoms with Gasteiger partial charge in [-0.1, -0.05) is 6.07 Å². The molecule has 0 bridgehead atoms. The molecule has 0 amide bonds. The molecule has 5 heteroatoms. The maximum Gasteiger partial charge on any atom is 0.291 e. The number of nitrogens with zero attached hydrogens (tertiary/aromatic N) is 1. The van der Waals surface area contributed by atoms with Crippen molar-refractivity contribution in [2.75, 3.05) is 0 Å². The van der Waals surface area contributed by atoms with Crippen molar-refractivity contribution in [2.45, 2.75) is 12.5 Å². The van der Waals surface area contributed by atoms with E-state index in [4.69, 9.17) is 27.4 Å². The van der Waals surface area contributed by atoms with Gasteiger partial charge in [-0.05, 0) is 17.5 Å². The van der Waals surface area contributed by atoms with Gasteiger partial charge in [0, 0.05) is 10.9 Å². The molecule has 0 aliphatic rings. The average molecular weight is 236 g/mol. The van der Waals surface area contributed by atoms with Crippen molar-refractivity contribution in [3.63, 3.8) is 0 Å². The minimum atomic E-state index is -2.31. The molecule has 0 aliphatic heterocycles. The summed E-state index contributed by atoms with van der Waals surface area (Å²) in [5.41, 5.74) is 0. The summed E-state index contributed by atoms with van der Waals surface area (Å²) in [4.78, 5) is 0. The fourth-order valence-electron chi connectivity index (χ4n) is 0.823. The first-order valence-corrected chi connectivity index (χ1v) is 8.56. The maximum atomic E-state index is 8.39. The molecule has 1 rings (SSSR count). The Kier molecular flexibility index (Phi) is 3.60. The van der Waals surface area contributed by atoms with Crippen LogP contribution in [0.2, 0.25) is 6.04 Å². The Bertz CT molecular complexity index is 278. The standard InChI is InChI=1S/C7H7Cl2NSSi/c8-12(9,6-2-4-10)7-3-1-5-11-7/h1,3,5H,2,6H2. The van der Waals surface area contributed by atoms with E-state index in [1.54, 1.807) is 11.3 Å². The molecule has 0 radical (unpaired) electrons. The summed E-state index contributed by atoms with van der Waals surface area (Å²) in [6, 6.07) is 6.54. The topological polar surface area (TPSA) is 23.8 Å². The van der Waals surface area contributed by atoms with Crippen LogP contribution in [0.15, 0.2) is 17.5 Å². The highest BCUT2D eigenvalue weighted by Crippen LogP contribution is 2.23. The van der Waals surface area contributed by atoms with E-state index in [1.165, 1.54) is 0 Å². The number of hydrogen-bond acceptors (Lipinski definition) is 2. The molecule has 0 atom stereocenters. The van der Waals surface area contributed by atoms with Crippen LogP contribution in [0.1, 0.15) is 6.42 Å². The van der Waals surface area contributed by atoms with E-state index in [9.17, 15) is 0 Å². The van der Waals surface area contributed by atoms with Crippen molar-refractivity contribution in [1.29, 1.82) is 5.26 Å². The summed E-state index contributed by atoms with van der Waals surface area (Å²) in [5, 5.41) is 10.3. The van der Waals surface area contributed by atoms with Gasteiger partial charge >= 0.3 is 0 Å². The maximum absolute atomic E-state index is 8.39. The van der Waals surface area contributed by atoms with Crippen LogP contribution in [-0.2, 0) is 0 Å². The van der Waals surface area contributed by atoms with Gasteiger partial charge in [0.15, 0.2) is 0 Å². The Morgan fingerprint density at radius 3 is 2.83 bits per heavy atom. The molecule has 0 spiro atoms. The zero-order valence-electron chi connectivity index (χ0n) is 6.26. The van der Waals surface area contributed by atoms with Gasteiger partial charge in [0.1, 0.15) is 0 Å². The number of hydrogen-bond donors (Lipinski definition) is 0. The fraction of sp³-hybridized carbons (Fsp3) is 0.286. The predicted molar refractivity (Wildman–Crippen MR) is 56.5 cm³/mol. The Morgan fingerprint density at radius 2 is 2.33 bits per heavy atom. The van der Waals surface area contributed by atoms with Crippen LogP contribution in [0.3, 0.4) is 0 Å². The van der Waals surface area contributed by atoms with Gasteiger partial charge in [0.25, 0.3) is 6.69 Å². The Balaban J connectivity index is 2.67. The number of rotatable bonds is 3. The third-order valence-corrected chi connectivity index (χ3v) is 8.31. The highest BCUT2D eigenvalue weighted by molar-refractivity contribution is 7.56. The molecule has 12 heavy (non-hydrogen) atoms. The van der Waals surface area contributed by atoms with Gasteiger partial charge < -0.3 is 0 Å². The minimum absolute atomic E-state index is 0.442. The summed E-state index contributed by atoms with van der Waals surface area (Å²) in [7, 11) is 0. The summed E-state index contributed by atoms with van der Waals surface area (Å²) >= 11 is 13.9. The Hall–Kier alpha value is -0.0131. The summed E-state index contributed by atoms with van der Waals surface area (Å²) in [5.74, 6) is 0. The lowest BCUT2D eigenvalue weighted by molar-refractivity contribution is 1.20. The van der Waals surface area contributed by atoms with Crippen LogP contribution in [0, 0.1) is 11.3 Å². The third-order valence-electron chi connectivity index (χ3n) is 1.43. The van der Waals surface area contributed by atoms with E-state index in [0.717, 1.165) is 4.50 Å². The van der Waals surface area contributed by atoms with E-state index in [-0.39, 0.29) is 0 Å². The first-order chi connectivity index (χ1) is 5.67. The van der Waals surface area contributed by atoms with Gasteiger partial charge in [-0.25, -0.2) is 0 Å². The summed E-state index contributed by atoms with van der Waals surface area (Å²) in [6.07, 6.45) is 0.442. The zero-order chi connectivity index (χ0) is 9.03. The first kappa shape index (κ1) is 10.1. The van der Waals surface area contributed by atoms with Crippen LogP contribution in [0.5, 0.6) is 0 Å². The first-order valence-electron chi connectivity index (χ1n) is 3.45. The van der Waals surface area contributed by atoms with Crippen molar-refractivity contribution in [2.24, 2.45) is 0 Å². The van der Waals surface area contributed by atoms with E-state index >= 15 is 0 Å². The van der Waals surface area contributed by atoms with Crippen molar-refractivity contribution in [3.8, 4) is 6.07 Å². The van der Waals surface area contributed by atoms with Gasteiger partial charge in [-0.2, -0.15) is 16.6 Å². The summed E-state index contributed by atoms with van der Waals surface area (Å²) < 4.78 is 1.04. The lowest BCUT2D eigenvalue weighted by Crippen LogP contribution is -2.33. The molecule has 1 aromatic rings. The number of halogens is 2. The van der Waals surface area contributed by atoms with Crippen LogP contribution in [0.4, 0.5) is 0 Å². The molecule has 0 aliphatic carbocycles. The molecule has 0 saturated heterocycles. The molecule has 64 valence electrons.